The average Bonchev–Trinajstić information content (AvgIpc) is 2.30. The molecule has 1 nitrogen and oxygen atoms in total. The quantitative estimate of drug-likeness (QED) is 0.587. The van der Waals surface area contributed by atoms with Gasteiger partial charge < -0.3 is 0 Å². The number of hydrogen-bond acceptors (Lipinski definition) is 1. The third-order valence-electron chi connectivity index (χ3n) is 1.64. The molecule has 11 heavy (non-hydrogen) atoms. The van der Waals surface area contributed by atoms with Gasteiger partial charge in [0.05, 0.1) is 0 Å². The standard InChI is InChI=1S/C10H12O/c1-2-10(11)9-7-5-3-4-6-8-9/h3-5,7-8H,2,6H2,1H3. The number of ketones is 1. The molecule has 0 bridgehead atoms. The molecule has 1 aliphatic rings. The van der Waals surface area contributed by atoms with Crippen LogP contribution in [-0.4, -0.2) is 5.78 Å². The minimum Gasteiger partial charge on any atom is -0.294 e. The Kier molecular flexibility index (Phi) is 2.84. The van der Waals surface area contributed by atoms with Crippen molar-refractivity contribution >= 4 is 5.78 Å². The normalized spacial score (nSPS) is 15.9. The second kappa shape index (κ2) is 3.91. The molecule has 0 amide bonds. The van der Waals surface area contributed by atoms with Crippen LogP contribution in [0.5, 0.6) is 0 Å². The van der Waals surface area contributed by atoms with E-state index in [0.29, 0.717) is 6.42 Å². The van der Waals surface area contributed by atoms with Gasteiger partial charge in [-0.25, -0.2) is 0 Å². The molecular weight excluding hydrogens is 136 g/mol. The van der Waals surface area contributed by atoms with Crippen molar-refractivity contribution in [2.75, 3.05) is 0 Å². The lowest BCUT2D eigenvalue weighted by molar-refractivity contribution is -0.115. The van der Waals surface area contributed by atoms with E-state index in [1.165, 1.54) is 0 Å². The zero-order valence-electron chi connectivity index (χ0n) is 6.71. The average molecular weight is 148 g/mol. The first-order valence-corrected chi connectivity index (χ1v) is 3.91. The summed E-state index contributed by atoms with van der Waals surface area (Å²) >= 11 is 0. The second-order valence-electron chi connectivity index (χ2n) is 2.46. The molecule has 0 N–H and O–H groups in total. The van der Waals surface area contributed by atoms with E-state index in [1.54, 1.807) is 0 Å². The molecule has 0 radical (unpaired) electrons. The Morgan fingerprint density at radius 1 is 1.55 bits per heavy atom. The highest BCUT2D eigenvalue weighted by Crippen LogP contribution is 2.07. The van der Waals surface area contributed by atoms with Gasteiger partial charge in [-0.1, -0.05) is 37.3 Å². The van der Waals surface area contributed by atoms with Crippen molar-refractivity contribution in [1.82, 2.24) is 0 Å². The summed E-state index contributed by atoms with van der Waals surface area (Å²) in [5.41, 5.74) is 0.845. The Morgan fingerprint density at radius 2 is 2.36 bits per heavy atom. The van der Waals surface area contributed by atoms with Crippen molar-refractivity contribution in [2.24, 2.45) is 0 Å². The van der Waals surface area contributed by atoms with E-state index in [9.17, 15) is 4.79 Å². The fraction of sp³-hybridized carbons (Fsp3) is 0.300. The van der Waals surface area contributed by atoms with Gasteiger partial charge in [0, 0.05) is 12.0 Å². The van der Waals surface area contributed by atoms with E-state index < -0.39 is 0 Å². The van der Waals surface area contributed by atoms with E-state index in [4.69, 9.17) is 0 Å². The first-order chi connectivity index (χ1) is 5.34. The summed E-state index contributed by atoms with van der Waals surface area (Å²) in [7, 11) is 0. The van der Waals surface area contributed by atoms with Gasteiger partial charge in [0.25, 0.3) is 0 Å². The maximum Gasteiger partial charge on any atom is 0.162 e. The molecule has 0 aromatic rings. The lowest BCUT2D eigenvalue weighted by Crippen LogP contribution is -1.96. The van der Waals surface area contributed by atoms with Crippen LogP contribution in [0.15, 0.2) is 36.0 Å². The van der Waals surface area contributed by atoms with Crippen molar-refractivity contribution in [1.29, 1.82) is 0 Å². The fourth-order valence-electron chi connectivity index (χ4n) is 0.990. The Morgan fingerprint density at radius 3 is 3.09 bits per heavy atom. The first-order valence-electron chi connectivity index (χ1n) is 3.91. The van der Waals surface area contributed by atoms with Crippen LogP contribution < -0.4 is 0 Å². The molecule has 0 saturated carbocycles. The number of carbonyl (C=O) groups is 1. The Hall–Kier alpha value is -1.11. The Balaban J connectivity index is 2.72. The molecule has 0 fully saturated rings. The van der Waals surface area contributed by atoms with E-state index in [-0.39, 0.29) is 5.78 Å². The molecule has 1 aliphatic carbocycles. The van der Waals surface area contributed by atoms with Crippen LogP contribution in [-0.2, 0) is 4.79 Å². The van der Waals surface area contributed by atoms with E-state index in [1.807, 2.05) is 37.3 Å². The molecule has 0 saturated heterocycles. The molecule has 0 aliphatic heterocycles. The summed E-state index contributed by atoms with van der Waals surface area (Å²) in [6.07, 6.45) is 11.2. The van der Waals surface area contributed by atoms with E-state index >= 15 is 0 Å². The van der Waals surface area contributed by atoms with Gasteiger partial charge in [-0.15, -0.1) is 0 Å². The Labute approximate surface area is 67.1 Å². The van der Waals surface area contributed by atoms with Crippen LogP contribution in [0.1, 0.15) is 19.8 Å². The van der Waals surface area contributed by atoms with E-state index in [2.05, 4.69) is 0 Å². The summed E-state index contributed by atoms with van der Waals surface area (Å²) < 4.78 is 0. The number of hydrogen-bond donors (Lipinski definition) is 0. The highest BCUT2D eigenvalue weighted by molar-refractivity contribution is 5.97. The maximum absolute atomic E-state index is 11.2. The zero-order chi connectivity index (χ0) is 8.10. The number of rotatable bonds is 2. The van der Waals surface area contributed by atoms with Crippen molar-refractivity contribution in [2.45, 2.75) is 19.8 Å². The largest absolute Gasteiger partial charge is 0.294 e. The molecule has 0 aromatic heterocycles. The molecule has 0 heterocycles. The molecule has 0 aromatic carbocycles. The van der Waals surface area contributed by atoms with Gasteiger partial charge in [-0.3, -0.25) is 4.79 Å². The minimum atomic E-state index is 0.227. The van der Waals surface area contributed by atoms with Gasteiger partial charge in [-0.05, 0) is 6.42 Å². The first kappa shape index (κ1) is 7.99. The zero-order valence-corrected chi connectivity index (χ0v) is 6.71. The monoisotopic (exact) mass is 148 g/mol. The lowest BCUT2D eigenvalue weighted by Gasteiger charge is -1.94. The van der Waals surface area contributed by atoms with Crippen LogP contribution >= 0.6 is 0 Å². The van der Waals surface area contributed by atoms with Crippen LogP contribution in [0.4, 0.5) is 0 Å². The highest BCUT2D eigenvalue weighted by Gasteiger charge is 2.02. The molecule has 0 unspecified atom stereocenters. The van der Waals surface area contributed by atoms with Crippen LogP contribution in [0.3, 0.4) is 0 Å². The van der Waals surface area contributed by atoms with Crippen LogP contribution in [0.2, 0.25) is 0 Å². The van der Waals surface area contributed by atoms with Gasteiger partial charge in [0.15, 0.2) is 5.78 Å². The molecule has 58 valence electrons. The van der Waals surface area contributed by atoms with Crippen molar-refractivity contribution in [3.8, 4) is 0 Å². The number of Topliss-reactive ketones (excluding diaryl/α,β-unsaturated/α-hetero) is 1. The van der Waals surface area contributed by atoms with Crippen molar-refractivity contribution < 1.29 is 4.79 Å². The summed E-state index contributed by atoms with van der Waals surface area (Å²) in [6.45, 7) is 1.88. The molecular formula is C10H12O. The Bertz CT molecular complexity index is 231. The smallest absolute Gasteiger partial charge is 0.162 e. The number of carbonyl (C=O) groups excluding carboxylic acids is 1. The molecule has 1 heteroatoms. The molecule has 1 rings (SSSR count). The predicted molar refractivity (Wildman–Crippen MR) is 46.3 cm³/mol. The summed E-state index contributed by atoms with van der Waals surface area (Å²) in [5.74, 6) is 0.227. The second-order valence-corrected chi connectivity index (χ2v) is 2.46. The van der Waals surface area contributed by atoms with Crippen LogP contribution in [0, 0.1) is 0 Å². The SMILES string of the molecule is CCC(=O)C1=CCC=CC=C1. The maximum atomic E-state index is 11.2. The highest BCUT2D eigenvalue weighted by atomic mass is 16.1. The summed E-state index contributed by atoms with van der Waals surface area (Å²) in [5, 5.41) is 0. The molecule has 0 spiro atoms. The molecule has 0 atom stereocenters. The van der Waals surface area contributed by atoms with Crippen molar-refractivity contribution in [3.05, 3.63) is 36.0 Å². The van der Waals surface area contributed by atoms with Gasteiger partial charge in [0.2, 0.25) is 0 Å². The summed E-state index contributed by atoms with van der Waals surface area (Å²) in [6, 6.07) is 0. The predicted octanol–water partition coefficient (Wildman–Crippen LogP) is 2.41. The fourth-order valence-corrected chi connectivity index (χ4v) is 0.990. The van der Waals surface area contributed by atoms with Gasteiger partial charge >= 0.3 is 0 Å². The lowest BCUT2D eigenvalue weighted by atomic mass is 10.1. The van der Waals surface area contributed by atoms with Crippen molar-refractivity contribution in [3.63, 3.8) is 0 Å². The van der Waals surface area contributed by atoms with Gasteiger partial charge in [-0.2, -0.15) is 0 Å². The third kappa shape index (κ3) is 2.19. The topological polar surface area (TPSA) is 17.1 Å². The minimum absolute atomic E-state index is 0.227. The summed E-state index contributed by atoms with van der Waals surface area (Å²) in [4.78, 5) is 11.2. The van der Waals surface area contributed by atoms with Gasteiger partial charge in [0.1, 0.15) is 0 Å². The van der Waals surface area contributed by atoms with E-state index in [0.717, 1.165) is 12.0 Å². The number of allylic oxidation sites excluding steroid dienone is 6. The third-order valence-corrected chi connectivity index (χ3v) is 1.64. The van der Waals surface area contributed by atoms with Crippen LogP contribution in [0.25, 0.3) is 0 Å².